The number of hydrogen-bond donors (Lipinski definition) is 1. The molecule has 0 fully saturated rings. The van der Waals surface area contributed by atoms with Crippen molar-refractivity contribution in [1.82, 2.24) is 19.4 Å². The summed E-state index contributed by atoms with van der Waals surface area (Å²) < 4.78 is 93.6. The number of imidazole rings is 1. The monoisotopic (exact) mass is 441 g/mol. The van der Waals surface area contributed by atoms with Crippen molar-refractivity contribution >= 4 is 17.2 Å². The maximum Gasteiger partial charge on any atom is 0.435 e. The van der Waals surface area contributed by atoms with Gasteiger partial charge in [-0.3, -0.25) is 9.38 Å². The van der Waals surface area contributed by atoms with E-state index in [1.54, 1.807) is 0 Å². The van der Waals surface area contributed by atoms with Crippen LogP contribution in [0, 0.1) is 5.82 Å². The van der Waals surface area contributed by atoms with Crippen LogP contribution in [0.1, 0.15) is 11.3 Å². The molecule has 0 atom stereocenters. The number of halogens is 7. The first-order valence-corrected chi connectivity index (χ1v) is 8.54. The Morgan fingerprint density at radius 2 is 1.65 bits per heavy atom. The van der Waals surface area contributed by atoms with Crippen molar-refractivity contribution in [2.24, 2.45) is 0 Å². The van der Waals surface area contributed by atoms with Gasteiger partial charge in [-0.15, -0.1) is 0 Å². The second-order valence-corrected chi connectivity index (χ2v) is 6.34. The van der Waals surface area contributed by atoms with Gasteiger partial charge in [0.2, 0.25) is 0 Å². The number of rotatable bonds is 3. The molecule has 5 nitrogen and oxygen atoms in total. The van der Waals surface area contributed by atoms with Crippen molar-refractivity contribution < 1.29 is 30.7 Å². The summed E-state index contributed by atoms with van der Waals surface area (Å²) in [4.78, 5) is 11.5. The topological polar surface area (TPSA) is 55.1 Å². The Morgan fingerprint density at radius 3 is 2.32 bits per heavy atom. The van der Waals surface area contributed by atoms with Crippen LogP contribution in [0.25, 0.3) is 17.0 Å². The van der Waals surface area contributed by atoms with Crippen LogP contribution in [0.4, 0.5) is 42.2 Å². The van der Waals surface area contributed by atoms with E-state index < -0.39 is 29.4 Å². The molecule has 1 N–H and O–H groups in total. The molecule has 0 spiro atoms. The third-order valence-electron chi connectivity index (χ3n) is 4.22. The number of hydrogen-bond acceptors (Lipinski definition) is 4. The number of pyridine rings is 1. The average molecular weight is 441 g/mol. The zero-order chi connectivity index (χ0) is 22.4. The second-order valence-electron chi connectivity index (χ2n) is 6.34. The molecule has 4 rings (SSSR count). The van der Waals surface area contributed by atoms with Gasteiger partial charge in [0.15, 0.2) is 5.69 Å². The van der Waals surface area contributed by atoms with Crippen molar-refractivity contribution in [3.05, 3.63) is 72.1 Å². The van der Waals surface area contributed by atoms with E-state index in [1.165, 1.54) is 28.8 Å². The van der Waals surface area contributed by atoms with E-state index in [4.69, 9.17) is 0 Å². The summed E-state index contributed by atoms with van der Waals surface area (Å²) in [6, 6.07) is 6.54. The number of anilines is 2. The molecule has 3 aromatic heterocycles. The van der Waals surface area contributed by atoms with Crippen molar-refractivity contribution in [2.75, 3.05) is 5.32 Å². The molecule has 31 heavy (non-hydrogen) atoms. The van der Waals surface area contributed by atoms with Gasteiger partial charge in [0, 0.05) is 11.9 Å². The highest BCUT2D eigenvalue weighted by atomic mass is 19.4. The van der Waals surface area contributed by atoms with Crippen LogP contribution in [-0.2, 0) is 12.4 Å². The Bertz CT molecular complexity index is 1260. The predicted octanol–water partition coefficient (Wildman–Crippen LogP) is 5.71. The SMILES string of the molecule is Fc1cc(Nc2cncc(-c3c(C(F)(F)F)nc4ccccn34)n2)ccc1C(F)(F)F. The summed E-state index contributed by atoms with van der Waals surface area (Å²) in [7, 11) is 0. The molecular formula is C19H10F7N5. The lowest BCUT2D eigenvalue weighted by molar-refractivity contribution is -0.141. The Balaban J connectivity index is 1.75. The molecule has 1 aromatic carbocycles. The van der Waals surface area contributed by atoms with E-state index in [1.807, 2.05) is 0 Å². The molecule has 0 saturated carbocycles. The standard InChI is InChI=1S/C19H10F7N5/c20-12-7-10(4-5-11(12)18(21,22)23)28-14-9-27-8-13(29-14)16-17(19(24,25)26)30-15-3-1-2-6-31(15)16/h1-9H,(H,28,29). The molecule has 0 amide bonds. The zero-order valence-corrected chi connectivity index (χ0v) is 15.1. The van der Waals surface area contributed by atoms with Crippen molar-refractivity contribution in [3.63, 3.8) is 0 Å². The lowest BCUT2D eigenvalue weighted by atomic mass is 10.2. The number of alkyl halides is 6. The van der Waals surface area contributed by atoms with Crippen LogP contribution in [0.15, 0.2) is 55.0 Å². The summed E-state index contributed by atoms with van der Waals surface area (Å²) in [5.74, 6) is -1.61. The van der Waals surface area contributed by atoms with E-state index in [0.717, 1.165) is 18.5 Å². The molecular weight excluding hydrogens is 431 g/mol. The minimum Gasteiger partial charge on any atom is -0.339 e. The van der Waals surface area contributed by atoms with Gasteiger partial charge in [0.1, 0.15) is 28.7 Å². The Labute approximate surface area is 169 Å². The Hall–Kier alpha value is -3.70. The second kappa shape index (κ2) is 7.22. The summed E-state index contributed by atoms with van der Waals surface area (Å²) in [6.45, 7) is 0. The van der Waals surface area contributed by atoms with E-state index in [9.17, 15) is 30.7 Å². The molecule has 0 radical (unpaired) electrons. The van der Waals surface area contributed by atoms with Gasteiger partial charge in [-0.25, -0.2) is 14.4 Å². The van der Waals surface area contributed by atoms with Crippen LogP contribution in [0.3, 0.4) is 0 Å². The van der Waals surface area contributed by atoms with E-state index in [0.29, 0.717) is 12.1 Å². The Kier molecular flexibility index (Phi) is 4.79. The fourth-order valence-electron chi connectivity index (χ4n) is 2.95. The molecule has 0 saturated heterocycles. The van der Waals surface area contributed by atoms with Crippen molar-refractivity contribution in [3.8, 4) is 11.4 Å². The van der Waals surface area contributed by atoms with Crippen LogP contribution in [-0.4, -0.2) is 19.4 Å². The fourth-order valence-corrected chi connectivity index (χ4v) is 2.95. The third kappa shape index (κ3) is 4.00. The van der Waals surface area contributed by atoms with Gasteiger partial charge >= 0.3 is 12.4 Å². The van der Waals surface area contributed by atoms with E-state index in [2.05, 4.69) is 20.3 Å². The number of aromatic nitrogens is 4. The number of fused-ring (bicyclic) bond motifs is 1. The third-order valence-corrected chi connectivity index (χ3v) is 4.22. The maximum atomic E-state index is 13.8. The lowest BCUT2D eigenvalue weighted by Crippen LogP contribution is -2.09. The van der Waals surface area contributed by atoms with Gasteiger partial charge in [0.05, 0.1) is 18.0 Å². The summed E-state index contributed by atoms with van der Waals surface area (Å²) >= 11 is 0. The smallest absolute Gasteiger partial charge is 0.339 e. The van der Waals surface area contributed by atoms with E-state index in [-0.39, 0.29) is 28.5 Å². The number of nitrogens with zero attached hydrogens (tertiary/aromatic N) is 4. The zero-order valence-electron chi connectivity index (χ0n) is 15.1. The maximum absolute atomic E-state index is 13.8. The number of benzene rings is 1. The molecule has 0 aliphatic rings. The average Bonchev–Trinajstić information content (AvgIpc) is 3.07. The van der Waals surface area contributed by atoms with Gasteiger partial charge < -0.3 is 5.32 Å². The van der Waals surface area contributed by atoms with Crippen LogP contribution in [0.5, 0.6) is 0 Å². The van der Waals surface area contributed by atoms with Crippen LogP contribution < -0.4 is 5.32 Å². The molecule has 4 aromatic rings. The highest BCUT2D eigenvalue weighted by Crippen LogP contribution is 2.37. The van der Waals surface area contributed by atoms with Gasteiger partial charge in [0.25, 0.3) is 0 Å². The minimum atomic E-state index is -4.86. The fraction of sp³-hybridized carbons (Fsp3) is 0.105. The molecule has 0 bridgehead atoms. The quantitative estimate of drug-likeness (QED) is 0.414. The largest absolute Gasteiger partial charge is 0.435 e. The molecule has 12 heteroatoms. The van der Waals surface area contributed by atoms with Crippen molar-refractivity contribution in [2.45, 2.75) is 12.4 Å². The first kappa shape index (κ1) is 20.6. The van der Waals surface area contributed by atoms with E-state index >= 15 is 0 Å². The summed E-state index contributed by atoms with van der Waals surface area (Å²) in [5, 5.41) is 2.54. The van der Waals surface area contributed by atoms with Gasteiger partial charge in [-0.05, 0) is 30.3 Å². The highest BCUT2D eigenvalue weighted by Gasteiger charge is 2.39. The minimum absolute atomic E-state index is 0.0368. The molecule has 0 aliphatic carbocycles. The normalized spacial score (nSPS) is 12.4. The van der Waals surface area contributed by atoms with Crippen LogP contribution in [0.2, 0.25) is 0 Å². The first-order valence-electron chi connectivity index (χ1n) is 8.54. The van der Waals surface area contributed by atoms with Gasteiger partial charge in [-0.2, -0.15) is 26.3 Å². The van der Waals surface area contributed by atoms with Crippen molar-refractivity contribution in [1.29, 1.82) is 0 Å². The Morgan fingerprint density at radius 1 is 0.871 bits per heavy atom. The predicted molar refractivity (Wildman–Crippen MR) is 95.9 cm³/mol. The molecule has 160 valence electrons. The number of nitrogens with one attached hydrogen (secondary N) is 1. The van der Waals surface area contributed by atoms with Crippen LogP contribution >= 0.6 is 0 Å². The molecule has 0 unspecified atom stereocenters. The lowest BCUT2D eigenvalue weighted by Gasteiger charge is -2.11. The first-order chi connectivity index (χ1) is 14.5. The molecule has 0 aliphatic heterocycles. The summed E-state index contributed by atoms with van der Waals surface area (Å²) in [5.41, 5.74) is -3.23. The molecule has 3 heterocycles. The summed E-state index contributed by atoms with van der Waals surface area (Å²) in [6.07, 6.45) is -6.04. The highest BCUT2D eigenvalue weighted by molar-refractivity contribution is 5.66. The van der Waals surface area contributed by atoms with Gasteiger partial charge in [-0.1, -0.05) is 6.07 Å².